The van der Waals surface area contributed by atoms with Crippen LogP contribution in [0.2, 0.25) is 0 Å². The van der Waals surface area contributed by atoms with Crippen LogP contribution in [0.15, 0.2) is 22.0 Å². The number of aryl methyl sites for hydroxylation is 2. The first kappa shape index (κ1) is 15.3. The van der Waals surface area contributed by atoms with Crippen LogP contribution >= 0.6 is 11.3 Å². The Morgan fingerprint density at radius 2 is 2.33 bits per heavy atom. The molecule has 1 fully saturated rings. The lowest BCUT2D eigenvalue weighted by atomic mass is 9.74. The molecule has 2 aromatic heterocycles. The number of H-pyrrole nitrogens is 1. The molecule has 6 nitrogen and oxygen atoms in total. The van der Waals surface area contributed by atoms with Crippen molar-refractivity contribution in [3.8, 4) is 0 Å². The van der Waals surface area contributed by atoms with Crippen LogP contribution in [0.1, 0.15) is 29.1 Å². The number of carbonyl (C=O) groups excluding carboxylic acids is 1. The van der Waals surface area contributed by atoms with E-state index in [9.17, 15) is 9.59 Å². The molecule has 7 heteroatoms. The maximum Gasteiger partial charge on any atom is 0.259 e. The molecule has 0 unspecified atom stereocenters. The fourth-order valence-electron chi connectivity index (χ4n) is 3.37. The van der Waals surface area contributed by atoms with E-state index in [1.165, 1.54) is 11.3 Å². The van der Waals surface area contributed by atoms with Crippen LogP contribution in [0.25, 0.3) is 10.2 Å². The Labute approximate surface area is 142 Å². The van der Waals surface area contributed by atoms with Gasteiger partial charge in [0.15, 0.2) is 0 Å². The molecule has 2 heterocycles. The number of aromatic nitrogens is 2. The van der Waals surface area contributed by atoms with Crippen molar-refractivity contribution < 1.29 is 4.79 Å². The predicted molar refractivity (Wildman–Crippen MR) is 94.4 cm³/mol. The van der Waals surface area contributed by atoms with Crippen LogP contribution in [0.5, 0.6) is 0 Å². The van der Waals surface area contributed by atoms with Gasteiger partial charge < -0.3 is 4.98 Å². The van der Waals surface area contributed by atoms with Gasteiger partial charge in [-0.1, -0.05) is 12.2 Å². The zero-order valence-corrected chi connectivity index (χ0v) is 14.4. The molecule has 1 saturated carbocycles. The van der Waals surface area contributed by atoms with Crippen LogP contribution in [-0.4, -0.2) is 21.6 Å². The summed E-state index contributed by atoms with van der Waals surface area (Å²) >= 11 is 1.48. The van der Waals surface area contributed by atoms with Gasteiger partial charge in [0.1, 0.15) is 10.7 Å². The van der Waals surface area contributed by atoms with Crippen molar-refractivity contribution in [3.05, 3.63) is 38.8 Å². The summed E-state index contributed by atoms with van der Waals surface area (Å²) in [6, 6.07) is 0. The summed E-state index contributed by atoms with van der Waals surface area (Å²) < 4.78 is 0. The largest absolute Gasteiger partial charge is 0.309 e. The lowest BCUT2D eigenvalue weighted by Gasteiger charge is -2.31. The molecule has 2 N–H and O–H groups in total. The van der Waals surface area contributed by atoms with Crippen LogP contribution in [0.4, 0.5) is 0 Å². The number of hydrogen-bond acceptors (Lipinski definition) is 5. The smallest absolute Gasteiger partial charge is 0.259 e. The number of carbonyl (C=O) groups is 1. The number of rotatable bonds is 3. The van der Waals surface area contributed by atoms with Crippen molar-refractivity contribution in [3.63, 3.8) is 0 Å². The highest BCUT2D eigenvalue weighted by Crippen LogP contribution is 2.40. The molecule has 0 bridgehead atoms. The van der Waals surface area contributed by atoms with Gasteiger partial charge in [0.25, 0.3) is 5.56 Å². The standard InChI is InChI=1S/C17H18N4O2S/c1-8-9(2)24-17-15(8)16(23)18-13(19-17)7-14(22)21-20-12-6-10-4-3-5-11(10)12/h3-4,10-11H,5-7H2,1-2H3,(H,21,22)(H,18,19,23)/b20-12-/t10-,11+/m0/s1. The van der Waals surface area contributed by atoms with Crippen molar-refractivity contribution in [2.24, 2.45) is 16.9 Å². The minimum absolute atomic E-state index is 0.0182. The number of hydrogen-bond donors (Lipinski definition) is 2. The number of fused-ring (bicyclic) bond motifs is 2. The number of allylic oxidation sites excluding steroid dienone is 2. The molecule has 124 valence electrons. The molecule has 1 amide bonds. The summed E-state index contributed by atoms with van der Waals surface area (Å²) in [5.74, 6) is 1.19. The second-order valence-corrected chi connectivity index (χ2v) is 7.63. The van der Waals surface area contributed by atoms with Gasteiger partial charge in [0.05, 0.1) is 11.8 Å². The Morgan fingerprint density at radius 3 is 3.12 bits per heavy atom. The molecule has 0 aromatic carbocycles. The van der Waals surface area contributed by atoms with Gasteiger partial charge in [0.2, 0.25) is 5.91 Å². The molecule has 0 saturated heterocycles. The summed E-state index contributed by atoms with van der Waals surface area (Å²) in [5, 5.41) is 4.85. The average Bonchev–Trinajstić information content (AvgIpc) is 3.00. The highest BCUT2D eigenvalue weighted by molar-refractivity contribution is 7.18. The monoisotopic (exact) mass is 342 g/mol. The van der Waals surface area contributed by atoms with Crippen LogP contribution in [0.3, 0.4) is 0 Å². The van der Waals surface area contributed by atoms with Crippen LogP contribution in [-0.2, 0) is 11.2 Å². The molecule has 2 aliphatic rings. The predicted octanol–water partition coefficient (Wildman–Crippen LogP) is 2.21. The van der Waals surface area contributed by atoms with Gasteiger partial charge in [-0.3, -0.25) is 9.59 Å². The second-order valence-electron chi connectivity index (χ2n) is 6.43. The molecule has 0 aliphatic heterocycles. The molecule has 24 heavy (non-hydrogen) atoms. The van der Waals surface area contributed by atoms with E-state index in [-0.39, 0.29) is 17.9 Å². The zero-order chi connectivity index (χ0) is 16.8. The fraction of sp³-hybridized carbons (Fsp3) is 0.412. The van der Waals surface area contributed by atoms with E-state index in [0.717, 1.165) is 29.0 Å². The summed E-state index contributed by atoms with van der Waals surface area (Å²) in [4.78, 5) is 33.2. The number of aromatic amines is 1. The van der Waals surface area contributed by atoms with Crippen molar-refractivity contribution in [2.75, 3.05) is 0 Å². The zero-order valence-electron chi connectivity index (χ0n) is 13.5. The minimum atomic E-state index is -0.260. The van der Waals surface area contributed by atoms with Gasteiger partial charge in [-0.05, 0) is 38.2 Å². The van der Waals surface area contributed by atoms with Gasteiger partial charge in [-0.2, -0.15) is 5.10 Å². The third-order valence-electron chi connectivity index (χ3n) is 4.90. The lowest BCUT2D eigenvalue weighted by molar-refractivity contribution is -0.120. The van der Waals surface area contributed by atoms with E-state index in [0.29, 0.717) is 27.9 Å². The normalized spacial score (nSPS) is 23.5. The third-order valence-corrected chi connectivity index (χ3v) is 6.00. The molecule has 0 radical (unpaired) electrons. The third kappa shape index (κ3) is 2.49. The molecule has 2 aliphatic carbocycles. The Kier molecular flexibility index (Phi) is 3.60. The van der Waals surface area contributed by atoms with Gasteiger partial charge in [-0.15, -0.1) is 11.3 Å². The summed E-state index contributed by atoms with van der Waals surface area (Å²) in [6.07, 6.45) is 6.36. The fourth-order valence-corrected chi connectivity index (χ4v) is 4.42. The van der Waals surface area contributed by atoms with Crippen molar-refractivity contribution in [1.29, 1.82) is 0 Å². The van der Waals surface area contributed by atoms with Gasteiger partial charge in [-0.25, -0.2) is 10.4 Å². The van der Waals surface area contributed by atoms with E-state index < -0.39 is 0 Å². The van der Waals surface area contributed by atoms with Crippen molar-refractivity contribution >= 4 is 33.2 Å². The minimum Gasteiger partial charge on any atom is -0.309 e. The van der Waals surface area contributed by atoms with Crippen molar-refractivity contribution in [2.45, 2.75) is 33.1 Å². The molecule has 0 spiro atoms. The topological polar surface area (TPSA) is 87.2 Å². The Hall–Kier alpha value is -2.28. The molecule has 2 aromatic rings. The molecular formula is C17H18N4O2S. The Bertz CT molecular complexity index is 953. The maximum atomic E-state index is 12.2. The summed E-state index contributed by atoms with van der Waals surface area (Å²) in [7, 11) is 0. The first-order valence-electron chi connectivity index (χ1n) is 8.04. The van der Waals surface area contributed by atoms with Gasteiger partial charge in [0, 0.05) is 16.5 Å². The lowest BCUT2D eigenvalue weighted by Crippen LogP contribution is -2.36. The molecule has 4 rings (SSSR count). The van der Waals surface area contributed by atoms with E-state index in [1.54, 1.807) is 0 Å². The number of nitrogens with zero attached hydrogens (tertiary/aromatic N) is 2. The van der Waals surface area contributed by atoms with E-state index in [2.05, 4.69) is 32.6 Å². The van der Waals surface area contributed by atoms with Gasteiger partial charge >= 0.3 is 0 Å². The Morgan fingerprint density at radius 1 is 1.50 bits per heavy atom. The van der Waals surface area contributed by atoms with Crippen molar-refractivity contribution in [1.82, 2.24) is 15.4 Å². The number of nitrogens with one attached hydrogen (secondary N) is 2. The van der Waals surface area contributed by atoms with E-state index in [4.69, 9.17) is 0 Å². The SMILES string of the molecule is Cc1sc2nc(CC(=O)N/N=C3/C[C@@H]4C=CC[C@@H]34)[nH]c(=O)c2c1C. The first-order chi connectivity index (χ1) is 11.5. The number of hydrazone groups is 1. The number of amides is 1. The summed E-state index contributed by atoms with van der Waals surface area (Å²) in [6.45, 7) is 3.88. The van der Waals surface area contributed by atoms with E-state index >= 15 is 0 Å². The molecule has 2 atom stereocenters. The quantitative estimate of drug-likeness (QED) is 0.662. The van der Waals surface area contributed by atoms with Crippen LogP contribution in [0, 0.1) is 25.7 Å². The van der Waals surface area contributed by atoms with E-state index in [1.807, 2.05) is 13.8 Å². The molecular weight excluding hydrogens is 324 g/mol. The Balaban J connectivity index is 1.47. The summed E-state index contributed by atoms with van der Waals surface area (Å²) in [5.41, 5.74) is 4.42. The van der Waals surface area contributed by atoms with Crippen LogP contribution < -0.4 is 11.0 Å². The highest BCUT2D eigenvalue weighted by Gasteiger charge is 2.38. The average molecular weight is 342 g/mol. The number of thiophene rings is 1. The first-order valence-corrected chi connectivity index (χ1v) is 8.85. The highest BCUT2D eigenvalue weighted by atomic mass is 32.1. The second kappa shape index (κ2) is 5.66. The maximum absolute atomic E-state index is 12.2.